The van der Waals surface area contributed by atoms with Gasteiger partial charge in [-0.1, -0.05) is 0 Å². The molecule has 6 heteroatoms. The number of rotatable bonds is 4. The zero-order valence-corrected chi connectivity index (χ0v) is 15.0. The summed E-state index contributed by atoms with van der Waals surface area (Å²) >= 11 is 0. The van der Waals surface area contributed by atoms with Crippen molar-refractivity contribution < 1.29 is 4.79 Å². The van der Waals surface area contributed by atoms with Gasteiger partial charge in [-0.25, -0.2) is 4.98 Å². The van der Waals surface area contributed by atoms with E-state index in [0.717, 1.165) is 31.2 Å². The van der Waals surface area contributed by atoms with Gasteiger partial charge >= 0.3 is 0 Å². The second-order valence-electron chi connectivity index (χ2n) is 7.09. The van der Waals surface area contributed by atoms with Crippen molar-refractivity contribution in [2.24, 2.45) is 13.0 Å². The molecule has 0 spiro atoms. The Balaban J connectivity index is 1.84. The molecule has 1 amide bonds. The third kappa shape index (κ3) is 3.38. The lowest BCUT2D eigenvalue weighted by Gasteiger charge is -2.29. The first-order valence-electron chi connectivity index (χ1n) is 8.56. The van der Waals surface area contributed by atoms with Gasteiger partial charge in [0, 0.05) is 57.2 Å². The summed E-state index contributed by atoms with van der Waals surface area (Å²) in [5, 5.41) is 0. The molecule has 1 atom stereocenters. The molecule has 3 heterocycles. The molecular weight excluding hydrogens is 302 g/mol. The molecule has 0 aliphatic carbocycles. The second-order valence-corrected chi connectivity index (χ2v) is 7.09. The van der Waals surface area contributed by atoms with E-state index in [-0.39, 0.29) is 5.91 Å². The molecule has 24 heavy (non-hydrogen) atoms. The fourth-order valence-electron chi connectivity index (χ4n) is 3.27. The Morgan fingerprint density at radius 3 is 2.83 bits per heavy atom. The maximum Gasteiger partial charge on any atom is 0.270 e. The van der Waals surface area contributed by atoms with Crippen molar-refractivity contribution in [3.63, 3.8) is 0 Å². The minimum Gasteiger partial charge on any atom is -0.347 e. The average molecular weight is 329 g/mol. The first-order chi connectivity index (χ1) is 11.5. The van der Waals surface area contributed by atoms with Crippen molar-refractivity contribution in [2.75, 3.05) is 20.1 Å². The Hall–Kier alpha value is -2.08. The summed E-state index contributed by atoms with van der Waals surface area (Å²) in [7, 11) is 4.06. The van der Waals surface area contributed by atoms with E-state index in [0.29, 0.717) is 18.5 Å². The minimum atomic E-state index is 0.0798. The van der Waals surface area contributed by atoms with Gasteiger partial charge in [0.1, 0.15) is 11.5 Å². The molecule has 6 nitrogen and oxygen atoms in total. The lowest BCUT2D eigenvalue weighted by Crippen LogP contribution is -2.40. The quantitative estimate of drug-likeness (QED) is 0.860. The number of hydrogen-bond acceptors (Lipinski definition) is 3. The van der Waals surface area contributed by atoms with Gasteiger partial charge in [-0.3, -0.25) is 4.79 Å². The van der Waals surface area contributed by atoms with E-state index in [1.807, 2.05) is 47.2 Å². The number of fused-ring (bicyclic) bond motifs is 1. The van der Waals surface area contributed by atoms with Gasteiger partial charge in [0.2, 0.25) is 0 Å². The molecule has 0 saturated carbocycles. The highest BCUT2D eigenvalue weighted by Crippen LogP contribution is 2.19. The summed E-state index contributed by atoms with van der Waals surface area (Å²) in [5.41, 5.74) is 0.728. The third-order valence-electron chi connectivity index (χ3n) is 4.95. The van der Waals surface area contributed by atoms with Crippen LogP contribution in [-0.4, -0.2) is 56.0 Å². The summed E-state index contributed by atoms with van der Waals surface area (Å²) in [6.07, 6.45) is 5.76. The summed E-state index contributed by atoms with van der Waals surface area (Å²) in [6.45, 7) is 7.59. The van der Waals surface area contributed by atoms with Gasteiger partial charge in [-0.05, 0) is 33.0 Å². The lowest BCUT2D eigenvalue weighted by atomic mass is 10.1. The Kier molecular flexibility index (Phi) is 4.76. The van der Waals surface area contributed by atoms with Crippen LogP contribution < -0.4 is 0 Å². The highest BCUT2D eigenvalue weighted by atomic mass is 16.2. The van der Waals surface area contributed by atoms with Crippen LogP contribution in [0.4, 0.5) is 0 Å². The van der Waals surface area contributed by atoms with Crippen molar-refractivity contribution in [1.29, 1.82) is 0 Å². The Labute approximate surface area is 143 Å². The Morgan fingerprint density at radius 2 is 2.17 bits per heavy atom. The largest absolute Gasteiger partial charge is 0.347 e. The molecule has 0 bridgehead atoms. The fourth-order valence-corrected chi connectivity index (χ4v) is 3.27. The molecule has 1 aliphatic rings. The first kappa shape index (κ1) is 16.8. The molecule has 0 unspecified atom stereocenters. The van der Waals surface area contributed by atoms with Crippen LogP contribution in [0.2, 0.25) is 0 Å². The van der Waals surface area contributed by atoms with Crippen molar-refractivity contribution >= 4 is 5.91 Å². The van der Waals surface area contributed by atoms with Crippen molar-refractivity contribution in [3.8, 4) is 0 Å². The monoisotopic (exact) mass is 329 g/mol. The molecule has 1 aliphatic heterocycles. The van der Waals surface area contributed by atoms with Crippen LogP contribution >= 0.6 is 0 Å². The van der Waals surface area contributed by atoms with Crippen LogP contribution in [0.5, 0.6) is 0 Å². The number of carbonyl (C=O) groups is 1. The van der Waals surface area contributed by atoms with E-state index in [9.17, 15) is 4.79 Å². The molecular formula is C18H27N5O. The average Bonchev–Trinajstić information content (AvgIpc) is 3.11. The van der Waals surface area contributed by atoms with E-state index in [1.165, 1.54) is 0 Å². The number of amides is 1. The number of aryl methyl sites for hydroxylation is 1. The third-order valence-corrected chi connectivity index (χ3v) is 4.95. The van der Waals surface area contributed by atoms with Crippen LogP contribution in [0, 0.1) is 5.92 Å². The minimum absolute atomic E-state index is 0.0798. The number of hydrogen-bond donors (Lipinski definition) is 0. The zero-order valence-electron chi connectivity index (χ0n) is 15.0. The summed E-state index contributed by atoms with van der Waals surface area (Å²) in [4.78, 5) is 21.7. The van der Waals surface area contributed by atoms with Gasteiger partial charge in [0.15, 0.2) is 0 Å². The smallest absolute Gasteiger partial charge is 0.270 e. The van der Waals surface area contributed by atoms with Crippen LogP contribution in [0.1, 0.15) is 30.2 Å². The van der Waals surface area contributed by atoms with Crippen molar-refractivity contribution in [2.45, 2.75) is 33.0 Å². The predicted molar refractivity (Wildman–Crippen MR) is 93.6 cm³/mol. The van der Waals surface area contributed by atoms with Gasteiger partial charge in [0.05, 0.1) is 6.54 Å². The molecule has 2 aromatic rings. The standard InChI is InChI=1S/C18H27N5O/c1-14(2)21(4)10-15-11-22-9-7-19-17(22)13-23(12-15)18(24)16-6-5-8-20(16)3/h5-9,14-15H,10-13H2,1-4H3/t15-/m1/s1. The topological polar surface area (TPSA) is 46.3 Å². The number of nitrogens with zero attached hydrogens (tertiary/aromatic N) is 5. The second kappa shape index (κ2) is 6.81. The molecule has 0 fully saturated rings. The van der Waals surface area contributed by atoms with Gasteiger partial charge in [0.25, 0.3) is 5.91 Å². The highest BCUT2D eigenvalue weighted by molar-refractivity contribution is 5.92. The molecule has 0 N–H and O–H groups in total. The molecule has 0 radical (unpaired) electrons. The van der Waals surface area contributed by atoms with E-state index >= 15 is 0 Å². The summed E-state index contributed by atoms with van der Waals surface area (Å²) < 4.78 is 4.08. The fraction of sp³-hybridized carbons (Fsp3) is 0.556. The number of carbonyl (C=O) groups excluding carboxylic acids is 1. The van der Waals surface area contributed by atoms with E-state index < -0.39 is 0 Å². The Bertz CT molecular complexity index is 702. The maximum absolute atomic E-state index is 13.0. The SMILES string of the molecule is CC(C)N(C)C[C@H]1CN(C(=O)c2cccn2C)Cc2nccn2C1. The molecule has 3 rings (SSSR count). The number of imidazole rings is 1. The molecule has 0 aromatic carbocycles. The van der Waals surface area contributed by atoms with Gasteiger partial charge in [-0.15, -0.1) is 0 Å². The zero-order chi connectivity index (χ0) is 17.3. The normalized spacial score (nSPS) is 18.1. The lowest BCUT2D eigenvalue weighted by molar-refractivity contribution is 0.0693. The maximum atomic E-state index is 13.0. The molecule has 2 aromatic heterocycles. The van der Waals surface area contributed by atoms with E-state index in [2.05, 4.69) is 35.3 Å². The van der Waals surface area contributed by atoms with Crippen LogP contribution in [-0.2, 0) is 20.1 Å². The predicted octanol–water partition coefficient (Wildman–Crippen LogP) is 1.83. The van der Waals surface area contributed by atoms with Crippen LogP contribution in [0.25, 0.3) is 0 Å². The van der Waals surface area contributed by atoms with Gasteiger partial charge < -0.3 is 18.9 Å². The molecule has 0 saturated heterocycles. The Morgan fingerprint density at radius 1 is 1.38 bits per heavy atom. The van der Waals surface area contributed by atoms with Crippen molar-refractivity contribution in [1.82, 2.24) is 23.9 Å². The summed E-state index contributed by atoms with van der Waals surface area (Å²) in [6, 6.07) is 4.29. The van der Waals surface area contributed by atoms with Gasteiger partial charge in [-0.2, -0.15) is 0 Å². The van der Waals surface area contributed by atoms with E-state index in [1.54, 1.807) is 0 Å². The number of aromatic nitrogens is 3. The van der Waals surface area contributed by atoms with Crippen LogP contribution in [0.15, 0.2) is 30.7 Å². The van der Waals surface area contributed by atoms with Crippen molar-refractivity contribution in [3.05, 3.63) is 42.2 Å². The van der Waals surface area contributed by atoms with E-state index in [4.69, 9.17) is 0 Å². The first-order valence-corrected chi connectivity index (χ1v) is 8.56. The van der Waals surface area contributed by atoms with Crippen LogP contribution in [0.3, 0.4) is 0 Å². The summed E-state index contributed by atoms with van der Waals surface area (Å²) in [5.74, 6) is 1.43. The highest BCUT2D eigenvalue weighted by Gasteiger charge is 2.28. The molecule has 130 valence electrons.